The molecule has 0 aromatic carbocycles. The predicted molar refractivity (Wildman–Crippen MR) is 62.1 cm³/mol. The van der Waals surface area contributed by atoms with Crippen molar-refractivity contribution in [2.45, 2.75) is 63.8 Å². The molecular formula is C13H24O3. The van der Waals surface area contributed by atoms with Gasteiger partial charge in [-0.15, -0.1) is 0 Å². The van der Waals surface area contributed by atoms with Gasteiger partial charge in [0.25, 0.3) is 0 Å². The van der Waals surface area contributed by atoms with Crippen molar-refractivity contribution in [3.8, 4) is 0 Å². The zero-order valence-corrected chi connectivity index (χ0v) is 10.5. The van der Waals surface area contributed by atoms with E-state index in [4.69, 9.17) is 9.47 Å². The Hall–Kier alpha value is -0.120. The molecule has 2 rings (SSSR count). The molecule has 1 heterocycles. The molecule has 1 aliphatic heterocycles. The van der Waals surface area contributed by atoms with Gasteiger partial charge in [0.2, 0.25) is 0 Å². The second kappa shape index (κ2) is 4.63. The van der Waals surface area contributed by atoms with Crippen molar-refractivity contribution in [2.75, 3.05) is 13.2 Å². The predicted octanol–water partition coefficient (Wildman–Crippen LogP) is 2.47. The molecule has 3 heteroatoms. The van der Waals surface area contributed by atoms with Crippen molar-refractivity contribution in [1.82, 2.24) is 0 Å². The Bertz CT molecular complexity index is 219. The van der Waals surface area contributed by atoms with Crippen molar-refractivity contribution in [3.05, 3.63) is 0 Å². The zero-order chi connectivity index (χ0) is 11.6. The van der Waals surface area contributed by atoms with Gasteiger partial charge in [-0.05, 0) is 18.8 Å². The highest BCUT2D eigenvalue weighted by Gasteiger charge is 2.47. The highest BCUT2D eigenvalue weighted by Crippen LogP contribution is 2.44. The molecule has 3 nitrogen and oxygen atoms in total. The smallest absolute Gasteiger partial charge is 0.168 e. The summed E-state index contributed by atoms with van der Waals surface area (Å²) < 4.78 is 11.4. The first-order valence-corrected chi connectivity index (χ1v) is 6.64. The summed E-state index contributed by atoms with van der Waals surface area (Å²) in [6.07, 6.45) is 5.45. The molecule has 0 unspecified atom stereocenters. The largest absolute Gasteiger partial charge is 0.390 e. The first-order chi connectivity index (χ1) is 7.64. The molecule has 0 radical (unpaired) electrons. The van der Waals surface area contributed by atoms with Gasteiger partial charge in [0.15, 0.2) is 5.79 Å². The van der Waals surface area contributed by atoms with Crippen molar-refractivity contribution in [2.24, 2.45) is 5.92 Å². The number of rotatable bonds is 3. The number of hydrogen-bond acceptors (Lipinski definition) is 3. The van der Waals surface area contributed by atoms with Gasteiger partial charge in [0, 0.05) is 12.8 Å². The van der Waals surface area contributed by atoms with Gasteiger partial charge in [0.05, 0.1) is 18.8 Å². The summed E-state index contributed by atoms with van der Waals surface area (Å²) in [5.74, 6) is 0.0735. The molecule has 0 aromatic rings. The van der Waals surface area contributed by atoms with Crippen molar-refractivity contribution in [3.63, 3.8) is 0 Å². The third kappa shape index (κ3) is 2.13. The second-order valence-electron chi connectivity index (χ2n) is 5.22. The third-order valence-electron chi connectivity index (χ3n) is 4.44. The van der Waals surface area contributed by atoms with Crippen LogP contribution in [0.1, 0.15) is 52.4 Å². The Morgan fingerprint density at radius 2 is 1.50 bits per heavy atom. The summed E-state index contributed by atoms with van der Waals surface area (Å²) in [4.78, 5) is 0. The molecule has 0 aromatic heterocycles. The molecular weight excluding hydrogens is 204 g/mol. The van der Waals surface area contributed by atoms with Gasteiger partial charge in [-0.25, -0.2) is 0 Å². The maximum atomic E-state index is 10.7. The Labute approximate surface area is 98.1 Å². The fourth-order valence-electron chi connectivity index (χ4n) is 3.31. The van der Waals surface area contributed by atoms with E-state index in [1.165, 1.54) is 0 Å². The van der Waals surface area contributed by atoms with Crippen molar-refractivity contribution >= 4 is 0 Å². The van der Waals surface area contributed by atoms with E-state index in [0.717, 1.165) is 38.5 Å². The van der Waals surface area contributed by atoms with Gasteiger partial charge < -0.3 is 14.6 Å². The van der Waals surface area contributed by atoms with Gasteiger partial charge in [-0.1, -0.05) is 26.7 Å². The molecule has 2 fully saturated rings. The lowest BCUT2D eigenvalue weighted by atomic mass is 9.72. The van der Waals surface area contributed by atoms with Crippen LogP contribution in [0, 0.1) is 5.92 Å². The van der Waals surface area contributed by atoms with E-state index < -0.39 is 5.60 Å². The van der Waals surface area contributed by atoms with Crippen LogP contribution in [-0.2, 0) is 9.47 Å². The van der Waals surface area contributed by atoms with Crippen LogP contribution >= 0.6 is 0 Å². The van der Waals surface area contributed by atoms with Crippen LogP contribution in [0.5, 0.6) is 0 Å². The first kappa shape index (κ1) is 12.3. The maximum Gasteiger partial charge on any atom is 0.168 e. The van der Waals surface area contributed by atoms with Crippen LogP contribution in [-0.4, -0.2) is 29.7 Å². The maximum absolute atomic E-state index is 10.7. The molecule has 1 aliphatic carbocycles. The van der Waals surface area contributed by atoms with Crippen LogP contribution in [0.2, 0.25) is 0 Å². The summed E-state index contributed by atoms with van der Waals surface area (Å²) in [7, 11) is 0. The Morgan fingerprint density at radius 1 is 1.00 bits per heavy atom. The van der Waals surface area contributed by atoms with Gasteiger partial charge in [-0.3, -0.25) is 0 Å². The van der Waals surface area contributed by atoms with Crippen molar-refractivity contribution in [1.29, 1.82) is 0 Å². The van der Waals surface area contributed by atoms with Crippen LogP contribution in [0.15, 0.2) is 0 Å². The van der Waals surface area contributed by atoms with Crippen LogP contribution in [0.3, 0.4) is 0 Å². The van der Waals surface area contributed by atoms with E-state index in [1.807, 2.05) is 0 Å². The third-order valence-corrected chi connectivity index (χ3v) is 4.44. The van der Waals surface area contributed by atoms with E-state index >= 15 is 0 Å². The molecule has 1 N–H and O–H groups in total. The summed E-state index contributed by atoms with van der Waals surface area (Å²) in [6.45, 7) is 5.75. The van der Waals surface area contributed by atoms with Gasteiger partial charge >= 0.3 is 0 Å². The quantitative estimate of drug-likeness (QED) is 0.806. The fourth-order valence-corrected chi connectivity index (χ4v) is 3.31. The molecule has 94 valence electrons. The van der Waals surface area contributed by atoms with Gasteiger partial charge in [-0.2, -0.15) is 0 Å². The minimum atomic E-state index is -0.482. The number of hydrogen-bond donors (Lipinski definition) is 1. The molecule has 1 spiro atoms. The monoisotopic (exact) mass is 228 g/mol. The Morgan fingerprint density at radius 3 is 1.94 bits per heavy atom. The van der Waals surface area contributed by atoms with Crippen LogP contribution in [0.4, 0.5) is 0 Å². The summed E-state index contributed by atoms with van der Waals surface area (Å²) >= 11 is 0. The Kier molecular flexibility index (Phi) is 3.57. The lowest BCUT2D eigenvalue weighted by molar-refractivity contribution is -0.210. The number of ether oxygens (including phenoxy) is 2. The first-order valence-electron chi connectivity index (χ1n) is 6.64. The van der Waals surface area contributed by atoms with Gasteiger partial charge in [0.1, 0.15) is 0 Å². The molecule has 1 saturated carbocycles. The Balaban J connectivity index is 1.97. The van der Waals surface area contributed by atoms with E-state index in [2.05, 4.69) is 13.8 Å². The highest BCUT2D eigenvalue weighted by atomic mass is 16.7. The molecule has 0 atom stereocenters. The minimum Gasteiger partial charge on any atom is -0.390 e. The summed E-state index contributed by atoms with van der Waals surface area (Å²) in [6, 6.07) is 0. The van der Waals surface area contributed by atoms with Crippen LogP contribution < -0.4 is 0 Å². The average Bonchev–Trinajstić information content (AvgIpc) is 2.74. The fraction of sp³-hybridized carbons (Fsp3) is 1.00. The minimum absolute atomic E-state index is 0.349. The topological polar surface area (TPSA) is 38.7 Å². The SMILES string of the molecule is CCC(CC)C1(O)CCC2(CC1)OCCO2. The average molecular weight is 228 g/mol. The molecule has 2 aliphatic rings. The van der Waals surface area contributed by atoms with Crippen LogP contribution in [0.25, 0.3) is 0 Å². The zero-order valence-electron chi connectivity index (χ0n) is 10.5. The summed E-state index contributed by atoms with van der Waals surface area (Å²) in [5.41, 5.74) is -0.482. The van der Waals surface area contributed by atoms with E-state index in [9.17, 15) is 5.11 Å². The lowest BCUT2D eigenvalue weighted by Crippen LogP contribution is -2.47. The molecule has 0 bridgehead atoms. The molecule has 1 saturated heterocycles. The standard InChI is InChI=1S/C13H24O3/c1-3-11(4-2)12(14)5-7-13(8-6-12)15-9-10-16-13/h11,14H,3-10H2,1-2H3. The molecule has 16 heavy (non-hydrogen) atoms. The lowest BCUT2D eigenvalue weighted by Gasteiger charge is -2.44. The van der Waals surface area contributed by atoms with E-state index in [-0.39, 0.29) is 5.79 Å². The molecule has 0 amide bonds. The normalized spacial score (nSPS) is 27.8. The highest BCUT2D eigenvalue weighted by molar-refractivity contribution is 4.94. The number of aliphatic hydroxyl groups is 1. The van der Waals surface area contributed by atoms with Crippen molar-refractivity contribution < 1.29 is 14.6 Å². The van der Waals surface area contributed by atoms with E-state index in [0.29, 0.717) is 19.1 Å². The summed E-state index contributed by atoms with van der Waals surface area (Å²) in [5, 5.41) is 10.7. The van der Waals surface area contributed by atoms with E-state index in [1.54, 1.807) is 0 Å². The second-order valence-corrected chi connectivity index (χ2v) is 5.22.